The summed E-state index contributed by atoms with van der Waals surface area (Å²) >= 11 is 0.960. The Morgan fingerprint density at radius 3 is 2.60 bits per heavy atom. The quantitative estimate of drug-likeness (QED) is 0.424. The van der Waals surface area contributed by atoms with Crippen molar-refractivity contribution in [1.82, 2.24) is 4.98 Å². The van der Waals surface area contributed by atoms with E-state index in [2.05, 4.69) is 9.71 Å². The molecule has 0 bridgehead atoms. The maximum Gasteiger partial charge on any atom is 0.416 e. The second-order valence-corrected chi connectivity index (χ2v) is 9.12. The van der Waals surface area contributed by atoms with Crippen molar-refractivity contribution < 1.29 is 26.5 Å². The van der Waals surface area contributed by atoms with E-state index in [0.717, 1.165) is 29.5 Å². The lowest BCUT2D eigenvalue weighted by molar-refractivity contribution is -0.385. The first-order chi connectivity index (χ1) is 14.0. The number of halogens is 3. The molecule has 3 aromatic rings. The van der Waals surface area contributed by atoms with Crippen LogP contribution in [0.5, 0.6) is 0 Å². The highest BCUT2D eigenvalue weighted by atomic mass is 32.2. The monoisotopic (exact) mass is 457 g/mol. The van der Waals surface area contributed by atoms with Crippen molar-refractivity contribution in [3.8, 4) is 0 Å². The summed E-state index contributed by atoms with van der Waals surface area (Å²) in [6.45, 7) is 1.49. The van der Waals surface area contributed by atoms with E-state index < -0.39 is 26.7 Å². The highest BCUT2D eigenvalue weighted by molar-refractivity contribution is 7.93. The number of nitro benzene ring substituents is 1. The van der Waals surface area contributed by atoms with Gasteiger partial charge in [0.25, 0.3) is 15.7 Å². The fourth-order valence-electron chi connectivity index (χ4n) is 2.62. The van der Waals surface area contributed by atoms with Crippen LogP contribution in [0.25, 0.3) is 0 Å². The van der Waals surface area contributed by atoms with E-state index in [1.165, 1.54) is 37.4 Å². The van der Waals surface area contributed by atoms with E-state index in [0.29, 0.717) is 16.0 Å². The molecule has 30 heavy (non-hydrogen) atoms. The number of benzene rings is 2. The zero-order chi connectivity index (χ0) is 22.1. The number of aromatic nitrogens is 1. The summed E-state index contributed by atoms with van der Waals surface area (Å²) in [5.41, 5.74) is -0.387. The molecule has 158 valence electrons. The molecular weight excluding hydrogens is 443 g/mol. The van der Waals surface area contributed by atoms with E-state index in [1.807, 2.05) is 0 Å². The summed E-state index contributed by atoms with van der Waals surface area (Å²) < 4.78 is 65.8. The van der Waals surface area contributed by atoms with Gasteiger partial charge >= 0.3 is 6.18 Å². The van der Waals surface area contributed by atoms with E-state index in [-0.39, 0.29) is 22.1 Å². The number of nitrogens with one attached hydrogen (secondary N) is 1. The molecule has 1 aromatic heterocycles. The Hall–Kier alpha value is -2.99. The van der Waals surface area contributed by atoms with Crippen molar-refractivity contribution in [2.75, 3.05) is 4.72 Å². The van der Waals surface area contributed by atoms with Crippen LogP contribution in [0.15, 0.2) is 53.6 Å². The van der Waals surface area contributed by atoms with Crippen LogP contribution in [0.1, 0.15) is 21.6 Å². The van der Waals surface area contributed by atoms with Crippen LogP contribution in [0.4, 0.5) is 24.0 Å². The molecule has 0 aliphatic rings. The minimum Gasteiger partial charge on any atom is -0.258 e. The van der Waals surface area contributed by atoms with Gasteiger partial charge in [0.05, 0.1) is 15.4 Å². The Balaban J connectivity index is 1.79. The Morgan fingerprint density at radius 1 is 1.20 bits per heavy atom. The number of nitrogens with zero attached hydrogens (tertiary/aromatic N) is 2. The predicted molar refractivity (Wildman–Crippen MR) is 105 cm³/mol. The summed E-state index contributed by atoms with van der Waals surface area (Å²) in [5, 5.41) is 11.0. The number of sulfonamides is 1. The van der Waals surface area contributed by atoms with Crippen LogP contribution in [0.2, 0.25) is 0 Å². The van der Waals surface area contributed by atoms with Gasteiger partial charge in [-0.3, -0.25) is 14.8 Å². The summed E-state index contributed by atoms with van der Waals surface area (Å²) in [6.07, 6.45) is -2.96. The third kappa shape index (κ3) is 4.94. The first kappa shape index (κ1) is 21.7. The van der Waals surface area contributed by atoms with Crippen molar-refractivity contribution >= 4 is 32.2 Å². The van der Waals surface area contributed by atoms with Crippen LogP contribution >= 0.6 is 11.3 Å². The molecule has 0 aliphatic heterocycles. The average molecular weight is 457 g/mol. The number of alkyl halides is 3. The van der Waals surface area contributed by atoms with Crippen LogP contribution in [0, 0.1) is 17.0 Å². The number of hydrogen-bond donors (Lipinski definition) is 1. The second kappa shape index (κ2) is 8.03. The molecule has 0 radical (unpaired) electrons. The molecular formula is C18H14F3N3O4S2. The molecule has 1 heterocycles. The van der Waals surface area contributed by atoms with Crippen LogP contribution in [-0.4, -0.2) is 18.3 Å². The van der Waals surface area contributed by atoms with E-state index >= 15 is 0 Å². The van der Waals surface area contributed by atoms with Crippen molar-refractivity contribution in [2.45, 2.75) is 24.4 Å². The molecule has 0 atom stereocenters. The van der Waals surface area contributed by atoms with Crippen molar-refractivity contribution in [1.29, 1.82) is 0 Å². The molecule has 0 saturated carbocycles. The molecule has 0 fully saturated rings. The maximum atomic E-state index is 12.8. The van der Waals surface area contributed by atoms with Gasteiger partial charge in [0, 0.05) is 29.1 Å². The molecule has 0 amide bonds. The lowest BCUT2D eigenvalue weighted by Crippen LogP contribution is -2.13. The van der Waals surface area contributed by atoms with Gasteiger partial charge in [-0.2, -0.15) is 13.2 Å². The average Bonchev–Trinajstić information content (AvgIpc) is 3.07. The van der Waals surface area contributed by atoms with E-state index in [4.69, 9.17) is 0 Å². The smallest absolute Gasteiger partial charge is 0.258 e. The van der Waals surface area contributed by atoms with Gasteiger partial charge < -0.3 is 0 Å². The largest absolute Gasteiger partial charge is 0.416 e. The minimum atomic E-state index is -4.46. The molecule has 3 rings (SSSR count). The van der Waals surface area contributed by atoms with Gasteiger partial charge in [-0.05, 0) is 24.6 Å². The standard InChI is InChI=1S/C18H14F3N3O4S2/c1-11-5-6-15(9-16(11)24(25)26)30(27,28)23-17-22-10-14(29-17)8-12-3-2-4-13(7-12)18(19,20)21/h2-7,9-10H,8H2,1H3,(H,22,23). The first-order valence-corrected chi connectivity index (χ1v) is 10.6. The molecule has 12 heteroatoms. The van der Waals surface area contributed by atoms with Crippen LogP contribution in [-0.2, 0) is 22.6 Å². The normalized spacial score (nSPS) is 12.0. The Kier molecular flexibility index (Phi) is 5.81. The minimum absolute atomic E-state index is 0.000189. The molecule has 0 spiro atoms. The number of rotatable bonds is 6. The molecule has 2 aromatic carbocycles. The Morgan fingerprint density at radius 2 is 1.93 bits per heavy atom. The van der Waals surface area contributed by atoms with Gasteiger partial charge in [-0.15, -0.1) is 11.3 Å². The molecule has 7 nitrogen and oxygen atoms in total. The predicted octanol–water partition coefficient (Wildman–Crippen LogP) is 4.77. The summed E-state index contributed by atoms with van der Waals surface area (Å²) in [4.78, 5) is 14.5. The third-order valence-corrected chi connectivity index (χ3v) is 6.47. The fourth-order valence-corrected chi connectivity index (χ4v) is 4.73. The van der Waals surface area contributed by atoms with Gasteiger partial charge in [-0.1, -0.05) is 24.3 Å². The number of aryl methyl sites for hydroxylation is 1. The van der Waals surface area contributed by atoms with E-state index in [9.17, 15) is 31.7 Å². The number of anilines is 1. The number of hydrogen-bond acceptors (Lipinski definition) is 6. The first-order valence-electron chi connectivity index (χ1n) is 8.34. The lowest BCUT2D eigenvalue weighted by Gasteiger charge is -2.08. The summed E-state index contributed by atoms with van der Waals surface area (Å²) in [5.74, 6) is 0. The molecule has 0 saturated heterocycles. The van der Waals surface area contributed by atoms with Gasteiger partial charge in [0.1, 0.15) is 0 Å². The SMILES string of the molecule is Cc1ccc(S(=O)(=O)Nc2ncc(Cc3cccc(C(F)(F)F)c3)s2)cc1[N+](=O)[O-]. The van der Waals surface area contributed by atoms with Gasteiger partial charge in [0.15, 0.2) is 5.13 Å². The van der Waals surface area contributed by atoms with E-state index in [1.54, 1.807) is 0 Å². The highest BCUT2D eigenvalue weighted by Gasteiger charge is 2.30. The Labute approximate surface area is 173 Å². The number of thiazole rings is 1. The van der Waals surface area contributed by atoms with Gasteiger partial charge in [0.2, 0.25) is 0 Å². The van der Waals surface area contributed by atoms with Crippen LogP contribution in [0.3, 0.4) is 0 Å². The highest BCUT2D eigenvalue weighted by Crippen LogP contribution is 2.31. The number of nitro groups is 1. The lowest BCUT2D eigenvalue weighted by atomic mass is 10.1. The molecule has 0 aliphatic carbocycles. The van der Waals surface area contributed by atoms with Gasteiger partial charge in [-0.25, -0.2) is 13.4 Å². The molecule has 1 N–H and O–H groups in total. The summed E-state index contributed by atoms with van der Waals surface area (Å²) in [6, 6.07) is 8.34. The zero-order valence-corrected chi connectivity index (χ0v) is 16.9. The topological polar surface area (TPSA) is 102 Å². The summed E-state index contributed by atoms with van der Waals surface area (Å²) in [7, 11) is -4.13. The maximum absolute atomic E-state index is 12.8. The van der Waals surface area contributed by atoms with Crippen LogP contribution < -0.4 is 4.72 Å². The zero-order valence-electron chi connectivity index (χ0n) is 15.3. The Bertz CT molecular complexity index is 1210. The van der Waals surface area contributed by atoms with Crippen molar-refractivity contribution in [2.24, 2.45) is 0 Å². The fraction of sp³-hybridized carbons (Fsp3) is 0.167. The second-order valence-electron chi connectivity index (χ2n) is 6.32. The van der Waals surface area contributed by atoms with Crippen molar-refractivity contribution in [3.05, 3.63) is 80.3 Å². The third-order valence-electron chi connectivity index (χ3n) is 4.10. The molecule has 0 unspecified atom stereocenters. The van der Waals surface area contributed by atoms with Crippen molar-refractivity contribution in [3.63, 3.8) is 0 Å².